The summed E-state index contributed by atoms with van der Waals surface area (Å²) in [6, 6.07) is 14.4. The van der Waals surface area contributed by atoms with Gasteiger partial charge in [-0.15, -0.1) is 5.10 Å². The largest absolute Gasteiger partial charge is 0.248 e. The van der Waals surface area contributed by atoms with Crippen LogP contribution in [0.1, 0.15) is 12.5 Å². The van der Waals surface area contributed by atoms with Crippen molar-refractivity contribution in [1.82, 2.24) is 19.3 Å². The van der Waals surface area contributed by atoms with Crippen LogP contribution < -0.4 is 0 Å². The molecule has 1 unspecified atom stereocenters. The minimum Gasteiger partial charge on any atom is -0.248 e. The number of benzene rings is 2. The first-order valence-electron chi connectivity index (χ1n) is 8.26. The minimum atomic E-state index is -3.52. The van der Waals surface area contributed by atoms with Gasteiger partial charge in [-0.2, -0.15) is 4.31 Å². The first-order valence-corrected chi connectivity index (χ1v) is 10.1. The number of rotatable bonds is 4. The molecule has 1 aliphatic heterocycles. The van der Waals surface area contributed by atoms with Gasteiger partial charge in [-0.25, -0.2) is 13.1 Å². The normalized spacial score (nSPS) is 18.3. The molecule has 134 valence electrons. The smallest absolute Gasteiger partial charge is 0.243 e. The van der Waals surface area contributed by atoms with Gasteiger partial charge < -0.3 is 0 Å². The van der Waals surface area contributed by atoms with E-state index < -0.39 is 10.0 Å². The van der Waals surface area contributed by atoms with Crippen molar-refractivity contribution in [2.45, 2.75) is 17.4 Å². The second kappa shape index (κ2) is 6.83. The van der Waals surface area contributed by atoms with E-state index in [9.17, 15) is 8.42 Å². The van der Waals surface area contributed by atoms with E-state index in [0.29, 0.717) is 23.0 Å². The molecule has 0 N–H and O–H groups in total. The number of hydrogen-bond acceptors (Lipinski definition) is 4. The molecule has 2 aromatic carbocycles. The van der Waals surface area contributed by atoms with Crippen LogP contribution in [0, 0.1) is 0 Å². The van der Waals surface area contributed by atoms with E-state index in [1.54, 1.807) is 29.2 Å². The third-order valence-electron chi connectivity index (χ3n) is 4.59. The summed E-state index contributed by atoms with van der Waals surface area (Å²) in [6.45, 7) is 0.880. The predicted octanol–water partition coefficient (Wildman–Crippen LogP) is 3.23. The van der Waals surface area contributed by atoms with E-state index in [0.717, 1.165) is 17.5 Å². The Kier molecular flexibility index (Phi) is 4.52. The van der Waals surface area contributed by atoms with Gasteiger partial charge in [0, 0.05) is 24.3 Å². The molecule has 1 saturated heterocycles. The van der Waals surface area contributed by atoms with Gasteiger partial charge in [0.05, 0.1) is 17.1 Å². The van der Waals surface area contributed by atoms with Gasteiger partial charge in [-0.05, 0) is 41.8 Å². The molecule has 1 atom stereocenters. The highest BCUT2D eigenvalue weighted by Crippen LogP contribution is 2.29. The zero-order chi connectivity index (χ0) is 18.1. The van der Waals surface area contributed by atoms with Crippen molar-refractivity contribution in [3.63, 3.8) is 0 Å². The Morgan fingerprint density at radius 2 is 1.88 bits per heavy atom. The molecule has 1 aromatic heterocycles. The zero-order valence-corrected chi connectivity index (χ0v) is 15.4. The van der Waals surface area contributed by atoms with E-state index in [-0.39, 0.29) is 6.04 Å². The van der Waals surface area contributed by atoms with E-state index in [2.05, 4.69) is 10.3 Å². The quantitative estimate of drug-likeness (QED) is 0.688. The van der Waals surface area contributed by atoms with Crippen LogP contribution in [0.2, 0.25) is 5.02 Å². The number of hydrogen-bond donors (Lipinski definition) is 0. The fraction of sp³-hybridized carbons (Fsp3) is 0.222. The molecule has 0 bridgehead atoms. The number of sulfonamides is 1. The summed E-state index contributed by atoms with van der Waals surface area (Å²) in [6.07, 6.45) is 4.09. The molecule has 2 heterocycles. The van der Waals surface area contributed by atoms with Gasteiger partial charge >= 0.3 is 0 Å². The molecule has 8 heteroatoms. The summed E-state index contributed by atoms with van der Waals surface area (Å²) in [4.78, 5) is 0.294. The molecule has 0 amide bonds. The predicted molar refractivity (Wildman–Crippen MR) is 99.3 cm³/mol. The molecular weight excluding hydrogens is 372 g/mol. The van der Waals surface area contributed by atoms with Crippen molar-refractivity contribution >= 4 is 21.6 Å². The molecule has 3 aromatic rings. The lowest BCUT2D eigenvalue weighted by atomic mass is 10.1. The van der Waals surface area contributed by atoms with Crippen LogP contribution in [0.4, 0.5) is 0 Å². The van der Waals surface area contributed by atoms with E-state index in [1.807, 2.05) is 36.4 Å². The molecule has 1 fully saturated rings. The maximum atomic E-state index is 12.9. The van der Waals surface area contributed by atoms with Crippen LogP contribution >= 0.6 is 11.6 Å². The number of aromatic nitrogens is 3. The Morgan fingerprint density at radius 1 is 1.08 bits per heavy atom. The second-order valence-corrected chi connectivity index (χ2v) is 8.60. The van der Waals surface area contributed by atoms with Gasteiger partial charge in [0.15, 0.2) is 0 Å². The molecule has 0 saturated carbocycles. The van der Waals surface area contributed by atoms with Crippen molar-refractivity contribution in [1.29, 1.82) is 0 Å². The monoisotopic (exact) mass is 388 g/mol. The summed E-state index contributed by atoms with van der Waals surface area (Å²) in [7, 11) is -3.52. The van der Waals surface area contributed by atoms with Crippen LogP contribution in [0.25, 0.3) is 11.1 Å². The van der Waals surface area contributed by atoms with Crippen LogP contribution in [-0.4, -0.2) is 40.8 Å². The molecule has 1 aliphatic rings. The highest BCUT2D eigenvalue weighted by atomic mass is 35.5. The van der Waals surface area contributed by atoms with Crippen LogP contribution in [0.3, 0.4) is 0 Å². The fourth-order valence-electron chi connectivity index (χ4n) is 3.19. The van der Waals surface area contributed by atoms with E-state index in [1.165, 1.54) is 4.31 Å². The van der Waals surface area contributed by atoms with E-state index in [4.69, 9.17) is 11.6 Å². The fourth-order valence-corrected chi connectivity index (χ4v) is 4.88. The Morgan fingerprint density at radius 3 is 2.58 bits per heavy atom. The van der Waals surface area contributed by atoms with Crippen molar-refractivity contribution in [2.24, 2.45) is 0 Å². The minimum absolute atomic E-state index is 0.0259. The van der Waals surface area contributed by atoms with Crippen molar-refractivity contribution < 1.29 is 8.42 Å². The van der Waals surface area contributed by atoms with Crippen LogP contribution in [-0.2, 0) is 10.0 Å². The van der Waals surface area contributed by atoms with Gasteiger partial charge in [0.25, 0.3) is 0 Å². The summed E-state index contributed by atoms with van der Waals surface area (Å²) < 4.78 is 29.0. The highest BCUT2D eigenvalue weighted by Gasteiger charge is 2.33. The SMILES string of the molecule is O=S(=O)(c1ccc(-c2cccc(Cl)c2)cc1)N1CCC(n2ccnn2)C1. The number of halogens is 1. The first-order chi connectivity index (χ1) is 12.5. The van der Waals surface area contributed by atoms with Gasteiger partial charge in [0.1, 0.15) is 0 Å². The summed E-state index contributed by atoms with van der Waals surface area (Å²) in [5.74, 6) is 0. The van der Waals surface area contributed by atoms with Gasteiger partial charge in [-0.1, -0.05) is 41.1 Å². The molecule has 0 spiro atoms. The molecule has 6 nitrogen and oxygen atoms in total. The number of nitrogens with zero attached hydrogens (tertiary/aromatic N) is 4. The zero-order valence-electron chi connectivity index (χ0n) is 13.9. The van der Waals surface area contributed by atoms with E-state index >= 15 is 0 Å². The lowest BCUT2D eigenvalue weighted by Crippen LogP contribution is -2.29. The standard InChI is InChI=1S/C18H17ClN4O2S/c19-16-3-1-2-15(12-16)14-4-6-18(7-5-14)26(24,25)22-10-8-17(13-22)23-11-9-20-21-23/h1-7,9,11-12,17H,8,10,13H2. The molecule has 0 radical (unpaired) electrons. The Hall–Kier alpha value is -2.22. The Bertz CT molecular complexity index is 1000. The Balaban J connectivity index is 1.55. The molecular formula is C18H17ClN4O2S. The average Bonchev–Trinajstić information content (AvgIpc) is 3.33. The lowest BCUT2D eigenvalue weighted by Gasteiger charge is -2.17. The second-order valence-electron chi connectivity index (χ2n) is 6.22. The van der Waals surface area contributed by atoms with Crippen LogP contribution in [0.15, 0.2) is 65.8 Å². The molecule has 0 aliphatic carbocycles. The van der Waals surface area contributed by atoms with Crippen molar-refractivity contribution in [3.05, 3.63) is 65.9 Å². The maximum Gasteiger partial charge on any atom is 0.243 e. The van der Waals surface area contributed by atoms with Gasteiger partial charge in [-0.3, -0.25) is 0 Å². The van der Waals surface area contributed by atoms with Crippen LogP contribution in [0.5, 0.6) is 0 Å². The lowest BCUT2D eigenvalue weighted by molar-refractivity contribution is 0.428. The molecule has 4 rings (SSSR count). The van der Waals surface area contributed by atoms with Crippen molar-refractivity contribution in [3.8, 4) is 11.1 Å². The third kappa shape index (κ3) is 3.25. The third-order valence-corrected chi connectivity index (χ3v) is 6.71. The summed E-state index contributed by atoms with van der Waals surface area (Å²) in [5, 5.41) is 8.42. The summed E-state index contributed by atoms with van der Waals surface area (Å²) in [5.41, 5.74) is 1.88. The first kappa shape index (κ1) is 17.2. The molecule has 26 heavy (non-hydrogen) atoms. The van der Waals surface area contributed by atoms with Gasteiger partial charge in [0.2, 0.25) is 10.0 Å². The topological polar surface area (TPSA) is 68.1 Å². The summed E-state index contributed by atoms with van der Waals surface area (Å²) >= 11 is 6.03. The average molecular weight is 389 g/mol. The highest BCUT2D eigenvalue weighted by molar-refractivity contribution is 7.89. The van der Waals surface area contributed by atoms with Crippen molar-refractivity contribution in [2.75, 3.05) is 13.1 Å². The maximum absolute atomic E-state index is 12.9. The Labute approximate surface area is 157 Å².